The molecule has 0 fully saturated rings. The molecule has 0 aliphatic carbocycles. The van der Waals surface area contributed by atoms with E-state index in [0.717, 1.165) is 0 Å². The summed E-state index contributed by atoms with van der Waals surface area (Å²) < 4.78 is 0. The molecular weight excluding hydrogens is 1770 g/mol. The predicted octanol–water partition coefficient (Wildman–Crippen LogP) is -4.92. The van der Waals surface area contributed by atoms with Gasteiger partial charge in [0.15, 0.2) is 0 Å². The molecule has 0 atom stereocenters. The van der Waals surface area contributed by atoms with E-state index in [1.54, 1.807) is 0 Å². The van der Waals surface area contributed by atoms with Gasteiger partial charge in [-0.25, -0.2) is 0 Å². The van der Waals surface area contributed by atoms with Crippen LogP contribution < -0.4 is 0 Å². The summed E-state index contributed by atoms with van der Waals surface area (Å²) in [6, 6.07) is 0. The van der Waals surface area contributed by atoms with Crippen molar-refractivity contribution in [2.24, 2.45) is 0 Å². The van der Waals surface area contributed by atoms with Gasteiger partial charge in [0.1, 0.15) is 0 Å². The minimum atomic E-state index is 0. The largest absolute Gasteiger partial charge is 3.00 e. The number of rotatable bonds is 0. The summed E-state index contributed by atoms with van der Waals surface area (Å²) >= 11 is 0. The van der Waals surface area contributed by atoms with Crippen LogP contribution in [0.4, 0.5) is 0 Å². The van der Waals surface area contributed by atoms with Gasteiger partial charge in [-0.1, -0.05) is 0 Å². The van der Waals surface area contributed by atoms with E-state index in [1.807, 2.05) is 0 Å². The van der Waals surface area contributed by atoms with E-state index in [4.69, 9.17) is 0 Å². The fraction of sp³-hybridized carbons (Fsp3) is 0. The molecule has 0 rings (SSSR count). The van der Waals surface area contributed by atoms with Gasteiger partial charge in [0.05, 0.1) is 0 Å². The predicted molar refractivity (Wildman–Crippen MR) is 28.1 cm³/mol. The minimum absolute atomic E-state index is 0. The molecule has 0 saturated carbocycles. The smallest absolute Gasteiger partial charge is 2.00 e. The SMILES string of the molecule is [Fe+3].[Fe+3].[Fe+3].[Fe+3].[Fe+3].[Fe+3].[Fe+3].[Fe+3].[Fe+3].[Fe+3].[Fe+3].[Fe+3].[Fe+3].[Fe+3].[Fe+3].[Fe+3].[Fe+3].[Fe+3].[Fe+3].[Fe+3].[O-2].[O-2].[O-2].[O-2].[O-2].[O-2].[O-2].[O-2].[O-2].[O-2].[O-2].[O-2].[O-2].[O-2].[O-2].[O-2].[O-2].[O-2].[O-2].[O-2].[O-2].[O-2].[O-2].[O-2].[O-2].[O-2].[O-2].[O-2].[O-2].[O-2].[O-2].[O-2].[O-2].[O-2].[O-2].[O-2].[O-2].[O-2].[O-2].[O-2].[O-2]. The summed E-state index contributed by atoms with van der Waals surface area (Å²) in [6.45, 7) is 0. The zero-order chi connectivity index (χ0) is 0. The van der Waals surface area contributed by atoms with Crippen LogP contribution in [0.3, 0.4) is 0 Å². The molecule has 0 aromatic heterocycles. The van der Waals surface area contributed by atoms with Crippen molar-refractivity contribution in [1.82, 2.24) is 0 Å². The molecule has 0 aromatic rings. The van der Waals surface area contributed by atoms with E-state index in [0.29, 0.717) is 0 Å². The quantitative estimate of drug-likeness (QED) is 0.206. The van der Waals surface area contributed by atoms with Crippen molar-refractivity contribution < 1.29 is 566 Å². The molecule has 0 bridgehead atoms. The van der Waals surface area contributed by atoms with Gasteiger partial charge in [-0.05, 0) is 0 Å². The summed E-state index contributed by atoms with van der Waals surface area (Å²) in [5.74, 6) is 0. The second kappa shape index (κ2) is 4120. The van der Waals surface area contributed by atoms with Crippen LogP contribution in [0, 0.1) is 0 Å². The van der Waals surface area contributed by atoms with Crippen LogP contribution in [0.2, 0.25) is 0 Å². The van der Waals surface area contributed by atoms with Crippen LogP contribution in [0.1, 0.15) is 0 Å². The van der Waals surface area contributed by atoms with E-state index >= 15 is 0 Å². The van der Waals surface area contributed by atoms with Crippen LogP contribution in [0.15, 0.2) is 0 Å². The maximum absolute atomic E-state index is 0. The van der Waals surface area contributed by atoms with Crippen molar-refractivity contribution in [3.05, 3.63) is 0 Å². The van der Waals surface area contributed by atoms with Crippen LogP contribution >= 0.6 is 0 Å². The molecule has 20 radical (unpaired) electrons. The molecule has 0 heterocycles. The van der Waals surface area contributed by atoms with Crippen LogP contribution in [0.5, 0.6) is 0 Å². The third kappa shape index (κ3) is 4000. The fourth-order valence-electron chi connectivity index (χ4n) is 0. The van der Waals surface area contributed by atoms with Crippen molar-refractivity contribution in [3.63, 3.8) is 0 Å². The van der Waals surface area contributed by atoms with Gasteiger partial charge >= 0.3 is 341 Å². The molecular formula is Fe20O41-22. The molecule has 61 heteroatoms. The molecule has 61 heavy (non-hydrogen) atoms. The number of hydrogen-bond donors (Lipinski definition) is 0. The Bertz CT molecular complexity index is 55.7. The van der Waals surface area contributed by atoms with Crippen LogP contribution in [0.25, 0.3) is 0 Å². The van der Waals surface area contributed by atoms with Crippen molar-refractivity contribution in [2.45, 2.75) is 0 Å². The topological polar surface area (TPSA) is 1170 Å². The van der Waals surface area contributed by atoms with Crippen LogP contribution in [-0.2, 0) is 566 Å². The normalized spacial score (nSPS) is 0. The Labute approximate surface area is 558 Å². The van der Waals surface area contributed by atoms with E-state index in [9.17, 15) is 0 Å². The maximum Gasteiger partial charge on any atom is 3.00 e. The Balaban J connectivity index is 0. The van der Waals surface area contributed by atoms with E-state index in [1.165, 1.54) is 0 Å². The fourth-order valence-corrected chi connectivity index (χ4v) is 0. The molecule has 0 saturated heterocycles. The standard InChI is InChI=1S/20Fe.41O/q20*+3;41*-2. The Kier molecular flexibility index (Phi) is 291000. The zero-order valence-corrected chi connectivity index (χ0v) is 45.9. The third-order valence-electron chi connectivity index (χ3n) is 0. The molecule has 428 valence electrons. The summed E-state index contributed by atoms with van der Waals surface area (Å²) in [6.07, 6.45) is 0. The molecule has 0 N–H and O–H groups in total. The van der Waals surface area contributed by atoms with Gasteiger partial charge < -0.3 is 225 Å². The first kappa shape index (κ1) is 4310. The van der Waals surface area contributed by atoms with Gasteiger partial charge in [-0.15, -0.1) is 0 Å². The Morgan fingerprint density at radius 1 is 0.0328 bits per heavy atom. The van der Waals surface area contributed by atoms with Gasteiger partial charge in [-0.2, -0.15) is 0 Å². The Morgan fingerprint density at radius 2 is 0.0328 bits per heavy atom. The van der Waals surface area contributed by atoms with Crippen molar-refractivity contribution in [1.29, 1.82) is 0 Å². The second-order valence-electron chi connectivity index (χ2n) is 0. The average Bonchev–Trinajstić information content (AvgIpc) is 0. The molecule has 0 aromatic carbocycles. The van der Waals surface area contributed by atoms with Gasteiger partial charge in [0.2, 0.25) is 0 Å². The molecule has 0 aliphatic heterocycles. The van der Waals surface area contributed by atoms with Crippen molar-refractivity contribution in [2.75, 3.05) is 0 Å². The molecule has 0 amide bonds. The zero-order valence-electron chi connectivity index (χ0n) is 23.8. The summed E-state index contributed by atoms with van der Waals surface area (Å²) in [5.41, 5.74) is 0. The van der Waals surface area contributed by atoms with Crippen molar-refractivity contribution >= 4 is 0 Å². The monoisotopic (exact) mass is 1770 g/mol. The first-order valence-corrected chi connectivity index (χ1v) is 0. The first-order chi connectivity index (χ1) is 0. The van der Waals surface area contributed by atoms with E-state index in [2.05, 4.69) is 0 Å². The van der Waals surface area contributed by atoms with Crippen molar-refractivity contribution in [3.8, 4) is 0 Å². The molecule has 0 unspecified atom stereocenters. The average molecular weight is 1770 g/mol. The summed E-state index contributed by atoms with van der Waals surface area (Å²) in [7, 11) is 0. The Morgan fingerprint density at radius 3 is 0.0328 bits per heavy atom. The number of hydrogen-bond acceptors (Lipinski definition) is 0. The van der Waals surface area contributed by atoms with Gasteiger partial charge in [0.25, 0.3) is 0 Å². The van der Waals surface area contributed by atoms with Gasteiger partial charge in [-0.3, -0.25) is 0 Å². The first-order valence-electron chi connectivity index (χ1n) is 0. The van der Waals surface area contributed by atoms with Gasteiger partial charge in [0, 0.05) is 0 Å². The van der Waals surface area contributed by atoms with E-state index < -0.39 is 0 Å². The molecule has 0 spiro atoms. The third-order valence-corrected chi connectivity index (χ3v) is 0. The summed E-state index contributed by atoms with van der Waals surface area (Å²) in [5, 5.41) is 0. The summed E-state index contributed by atoms with van der Waals surface area (Å²) in [4.78, 5) is 0. The Hall–Kier alpha value is 8.75. The maximum atomic E-state index is 0. The van der Waals surface area contributed by atoms with E-state index in [-0.39, 0.29) is 566 Å². The van der Waals surface area contributed by atoms with Crippen LogP contribution in [-0.4, -0.2) is 0 Å². The molecule has 0 aliphatic rings. The minimum Gasteiger partial charge on any atom is -2.00 e. The second-order valence-corrected chi connectivity index (χ2v) is 0. The molecule has 41 nitrogen and oxygen atoms in total.